The Labute approximate surface area is 100 Å². The summed E-state index contributed by atoms with van der Waals surface area (Å²) in [7, 11) is 4.25. The van der Waals surface area contributed by atoms with E-state index in [1.165, 1.54) is 16.7 Å². The molecule has 90 valence electrons. The molecule has 0 heterocycles. The van der Waals surface area contributed by atoms with Crippen LogP contribution in [-0.4, -0.2) is 25.5 Å². The Morgan fingerprint density at radius 3 is 2.19 bits per heavy atom. The van der Waals surface area contributed by atoms with Crippen LogP contribution in [0.3, 0.4) is 0 Å². The van der Waals surface area contributed by atoms with E-state index in [9.17, 15) is 0 Å². The van der Waals surface area contributed by atoms with Gasteiger partial charge in [0.25, 0.3) is 0 Å². The molecule has 1 aromatic carbocycles. The third-order valence-corrected chi connectivity index (χ3v) is 3.04. The fraction of sp³-hybridized carbons (Fsp3) is 0.600. The summed E-state index contributed by atoms with van der Waals surface area (Å²) in [5, 5.41) is 0. The van der Waals surface area contributed by atoms with Gasteiger partial charge in [0.1, 0.15) is 0 Å². The Balaban J connectivity index is 2.84. The van der Waals surface area contributed by atoms with Crippen LogP contribution in [0.1, 0.15) is 37.5 Å². The van der Waals surface area contributed by atoms with Gasteiger partial charge >= 0.3 is 0 Å². The van der Waals surface area contributed by atoms with Crippen molar-refractivity contribution in [3.8, 4) is 0 Å². The standard InChI is InChI=1S/C15H25N/c1-12-11-14(15(2,3)4)8-7-13(12)9-10-16(5)6/h7-8,11H,9-10H2,1-6H3. The van der Waals surface area contributed by atoms with Gasteiger partial charge in [-0.05, 0) is 49.5 Å². The Morgan fingerprint density at radius 1 is 1.12 bits per heavy atom. The third kappa shape index (κ3) is 3.64. The maximum absolute atomic E-state index is 2.34. The second-order valence-corrected chi connectivity index (χ2v) is 5.94. The van der Waals surface area contributed by atoms with Crippen LogP contribution in [0.2, 0.25) is 0 Å². The van der Waals surface area contributed by atoms with Gasteiger partial charge in [-0.25, -0.2) is 0 Å². The van der Waals surface area contributed by atoms with Crippen LogP contribution in [0.5, 0.6) is 0 Å². The second-order valence-electron chi connectivity index (χ2n) is 5.94. The predicted octanol–water partition coefficient (Wildman–Crippen LogP) is 3.40. The number of rotatable bonds is 3. The zero-order valence-corrected chi connectivity index (χ0v) is 11.6. The quantitative estimate of drug-likeness (QED) is 0.753. The average molecular weight is 219 g/mol. The molecule has 0 saturated carbocycles. The van der Waals surface area contributed by atoms with E-state index >= 15 is 0 Å². The van der Waals surface area contributed by atoms with E-state index in [4.69, 9.17) is 0 Å². The maximum Gasteiger partial charge on any atom is 0.00158 e. The van der Waals surface area contributed by atoms with Crippen LogP contribution in [0.15, 0.2) is 18.2 Å². The van der Waals surface area contributed by atoms with E-state index in [0.29, 0.717) is 0 Å². The highest BCUT2D eigenvalue weighted by Crippen LogP contribution is 2.24. The monoisotopic (exact) mass is 219 g/mol. The summed E-state index contributed by atoms with van der Waals surface area (Å²) in [6.07, 6.45) is 1.14. The molecule has 0 atom stereocenters. The molecule has 0 unspecified atom stereocenters. The van der Waals surface area contributed by atoms with E-state index in [1.54, 1.807) is 0 Å². The molecule has 1 rings (SSSR count). The first-order valence-corrected chi connectivity index (χ1v) is 6.05. The normalized spacial score (nSPS) is 12.2. The highest BCUT2D eigenvalue weighted by molar-refractivity contribution is 5.34. The first-order valence-electron chi connectivity index (χ1n) is 6.05. The predicted molar refractivity (Wildman–Crippen MR) is 72.1 cm³/mol. The lowest BCUT2D eigenvalue weighted by atomic mass is 9.85. The van der Waals surface area contributed by atoms with Crippen LogP contribution < -0.4 is 0 Å². The van der Waals surface area contributed by atoms with Crippen molar-refractivity contribution < 1.29 is 0 Å². The smallest absolute Gasteiger partial charge is 0.00158 e. The molecule has 1 nitrogen and oxygen atoms in total. The molecule has 0 radical (unpaired) electrons. The van der Waals surface area contributed by atoms with Crippen LogP contribution in [-0.2, 0) is 11.8 Å². The fourth-order valence-electron chi connectivity index (χ4n) is 1.79. The Bertz CT molecular complexity index is 345. The fourth-order valence-corrected chi connectivity index (χ4v) is 1.79. The van der Waals surface area contributed by atoms with Crippen molar-refractivity contribution in [3.63, 3.8) is 0 Å². The van der Waals surface area contributed by atoms with Gasteiger partial charge in [0, 0.05) is 6.54 Å². The van der Waals surface area contributed by atoms with Gasteiger partial charge in [-0.1, -0.05) is 39.0 Å². The van der Waals surface area contributed by atoms with Gasteiger partial charge in [-0.2, -0.15) is 0 Å². The molecule has 16 heavy (non-hydrogen) atoms. The molecular formula is C15H25N. The number of likely N-dealkylation sites (N-methyl/N-ethyl adjacent to an activating group) is 1. The molecular weight excluding hydrogens is 194 g/mol. The van der Waals surface area contributed by atoms with Crippen molar-refractivity contribution in [2.75, 3.05) is 20.6 Å². The van der Waals surface area contributed by atoms with Crippen molar-refractivity contribution in [2.45, 2.75) is 39.5 Å². The Kier molecular flexibility index (Phi) is 4.15. The summed E-state index contributed by atoms with van der Waals surface area (Å²) in [6.45, 7) is 10.1. The lowest BCUT2D eigenvalue weighted by Crippen LogP contribution is -2.16. The van der Waals surface area contributed by atoms with Crippen LogP contribution in [0, 0.1) is 6.92 Å². The van der Waals surface area contributed by atoms with E-state index < -0.39 is 0 Å². The zero-order valence-electron chi connectivity index (χ0n) is 11.6. The lowest BCUT2D eigenvalue weighted by Gasteiger charge is -2.21. The molecule has 0 bridgehead atoms. The lowest BCUT2D eigenvalue weighted by molar-refractivity contribution is 0.413. The maximum atomic E-state index is 2.34. The van der Waals surface area contributed by atoms with E-state index in [1.807, 2.05) is 0 Å². The van der Waals surface area contributed by atoms with Gasteiger partial charge < -0.3 is 4.90 Å². The molecule has 1 aromatic rings. The van der Waals surface area contributed by atoms with Gasteiger partial charge in [-0.3, -0.25) is 0 Å². The SMILES string of the molecule is Cc1cc(C(C)(C)C)ccc1CCN(C)C. The van der Waals surface area contributed by atoms with Gasteiger partial charge in [0.2, 0.25) is 0 Å². The summed E-state index contributed by atoms with van der Waals surface area (Å²) >= 11 is 0. The van der Waals surface area contributed by atoms with Gasteiger partial charge in [-0.15, -0.1) is 0 Å². The Hall–Kier alpha value is -0.820. The summed E-state index contributed by atoms with van der Waals surface area (Å²) in [6, 6.07) is 6.91. The molecule has 0 spiro atoms. The number of aryl methyl sites for hydroxylation is 1. The first-order chi connectivity index (χ1) is 7.30. The molecule has 1 heteroatoms. The molecule has 0 fully saturated rings. The number of hydrogen-bond donors (Lipinski definition) is 0. The van der Waals surface area contributed by atoms with Crippen molar-refractivity contribution in [1.82, 2.24) is 4.90 Å². The molecule has 0 N–H and O–H groups in total. The van der Waals surface area contributed by atoms with Crippen molar-refractivity contribution in [2.24, 2.45) is 0 Å². The van der Waals surface area contributed by atoms with Crippen molar-refractivity contribution >= 4 is 0 Å². The minimum absolute atomic E-state index is 0.255. The third-order valence-electron chi connectivity index (χ3n) is 3.04. The number of nitrogens with zero attached hydrogens (tertiary/aromatic N) is 1. The minimum atomic E-state index is 0.255. The van der Waals surface area contributed by atoms with E-state index in [-0.39, 0.29) is 5.41 Å². The van der Waals surface area contributed by atoms with Crippen LogP contribution in [0.25, 0.3) is 0 Å². The summed E-state index contributed by atoms with van der Waals surface area (Å²) in [5.74, 6) is 0. The number of hydrogen-bond acceptors (Lipinski definition) is 1. The van der Waals surface area contributed by atoms with Crippen LogP contribution >= 0.6 is 0 Å². The first kappa shape index (κ1) is 13.2. The van der Waals surface area contributed by atoms with Crippen molar-refractivity contribution in [1.29, 1.82) is 0 Å². The highest BCUT2D eigenvalue weighted by Gasteiger charge is 2.14. The van der Waals surface area contributed by atoms with E-state index in [2.05, 4.69) is 64.9 Å². The summed E-state index contributed by atoms with van der Waals surface area (Å²) < 4.78 is 0. The topological polar surface area (TPSA) is 3.24 Å². The molecule has 0 amide bonds. The molecule has 0 aliphatic rings. The zero-order chi connectivity index (χ0) is 12.3. The molecule has 0 aliphatic carbocycles. The molecule has 0 aliphatic heterocycles. The average Bonchev–Trinajstić information content (AvgIpc) is 2.14. The minimum Gasteiger partial charge on any atom is -0.309 e. The van der Waals surface area contributed by atoms with E-state index in [0.717, 1.165) is 13.0 Å². The summed E-state index contributed by atoms with van der Waals surface area (Å²) in [4.78, 5) is 2.23. The molecule has 0 saturated heterocycles. The second kappa shape index (κ2) is 5.01. The number of benzene rings is 1. The summed E-state index contributed by atoms with van der Waals surface area (Å²) in [5.41, 5.74) is 4.58. The van der Waals surface area contributed by atoms with Gasteiger partial charge in [0.05, 0.1) is 0 Å². The van der Waals surface area contributed by atoms with Gasteiger partial charge in [0.15, 0.2) is 0 Å². The van der Waals surface area contributed by atoms with Crippen LogP contribution in [0.4, 0.5) is 0 Å². The van der Waals surface area contributed by atoms with Crippen molar-refractivity contribution in [3.05, 3.63) is 34.9 Å². The highest BCUT2D eigenvalue weighted by atomic mass is 15.0. The largest absolute Gasteiger partial charge is 0.309 e. The Morgan fingerprint density at radius 2 is 1.75 bits per heavy atom. The molecule has 0 aromatic heterocycles.